The van der Waals surface area contributed by atoms with E-state index < -0.39 is 5.97 Å². The second-order valence-corrected chi connectivity index (χ2v) is 4.20. The largest absolute Gasteiger partial charge is 0.475 e. The minimum atomic E-state index is -1.13. The molecule has 0 aliphatic rings. The Morgan fingerprint density at radius 2 is 1.95 bits per heavy atom. The van der Waals surface area contributed by atoms with Crippen molar-refractivity contribution in [1.29, 1.82) is 0 Å². The van der Waals surface area contributed by atoms with E-state index in [4.69, 9.17) is 9.52 Å². The van der Waals surface area contributed by atoms with Crippen molar-refractivity contribution >= 4 is 17.6 Å². The lowest BCUT2D eigenvalue weighted by atomic mass is 10.1. The molecule has 0 aliphatic carbocycles. The summed E-state index contributed by atoms with van der Waals surface area (Å²) in [5, 5.41) is 11.5. The van der Waals surface area contributed by atoms with E-state index in [1.54, 1.807) is 18.2 Å². The van der Waals surface area contributed by atoms with Gasteiger partial charge in [0.1, 0.15) is 5.76 Å². The van der Waals surface area contributed by atoms with Crippen molar-refractivity contribution in [3.63, 3.8) is 0 Å². The summed E-state index contributed by atoms with van der Waals surface area (Å²) >= 11 is 0. The molecule has 0 radical (unpaired) electrons. The van der Waals surface area contributed by atoms with Crippen molar-refractivity contribution in [2.75, 3.05) is 5.32 Å². The van der Waals surface area contributed by atoms with Gasteiger partial charge in [-0.1, -0.05) is 6.07 Å². The van der Waals surface area contributed by atoms with E-state index in [-0.39, 0.29) is 11.7 Å². The van der Waals surface area contributed by atoms with Crippen LogP contribution in [0.25, 0.3) is 11.3 Å². The molecule has 2 N–H and O–H groups in total. The van der Waals surface area contributed by atoms with Gasteiger partial charge in [0, 0.05) is 12.5 Å². The monoisotopic (exact) mass is 259 g/mol. The summed E-state index contributed by atoms with van der Waals surface area (Å²) in [6.45, 7) is 3.32. The molecule has 0 aliphatic heterocycles. The van der Waals surface area contributed by atoms with Gasteiger partial charge in [0.25, 0.3) is 0 Å². The van der Waals surface area contributed by atoms with Crippen LogP contribution in [-0.2, 0) is 4.79 Å². The highest BCUT2D eigenvalue weighted by atomic mass is 16.4. The maximum absolute atomic E-state index is 11.2. The summed E-state index contributed by atoms with van der Waals surface area (Å²) < 4.78 is 5.24. The summed E-state index contributed by atoms with van der Waals surface area (Å²) in [4.78, 5) is 22.0. The van der Waals surface area contributed by atoms with E-state index in [1.807, 2.05) is 13.0 Å². The first-order valence-electron chi connectivity index (χ1n) is 5.69. The molecule has 1 amide bonds. The minimum absolute atomic E-state index is 0.135. The number of aryl methyl sites for hydroxylation is 1. The van der Waals surface area contributed by atoms with Gasteiger partial charge in [-0.15, -0.1) is 0 Å². The van der Waals surface area contributed by atoms with Crippen LogP contribution in [-0.4, -0.2) is 17.0 Å². The van der Waals surface area contributed by atoms with Gasteiger partial charge in [-0.05, 0) is 36.8 Å². The fourth-order valence-electron chi connectivity index (χ4n) is 1.76. The number of hydrogen-bond donors (Lipinski definition) is 2. The molecule has 1 aromatic heterocycles. The Balaban J connectivity index is 2.47. The van der Waals surface area contributed by atoms with Crippen molar-refractivity contribution in [2.24, 2.45) is 0 Å². The normalized spacial score (nSPS) is 10.2. The number of furan rings is 1. The predicted octanol–water partition coefficient (Wildman–Crippen LogP) is 2.91. The number of carboxylic acid groups (broad SMARTS) is 1. The van der Waals surface area contributed by atoms with Crippen LogP contribution in [0.5, 0.6) is 0 Å². The zero-order valence-electron chi connectivity index (χ0n) is 10.6. The Morgan fingerprint density at radius 3 is 2.53 bits per heavy atom. The Labute approximate surface area is 109 Å². The molecule has 0 saturated carbocycles. The fourth-order valence-corrected chi connectivity index (χ4v) is 1.76. The third-order valence-electron chi connectivity index (χ3n) is 2.57. The van der Waals surface area contributed by atoms with Gasteiger partial charge in [-0.3, -0.25) is 4.79 Å². The zero-order valence-corrected chi connectivity index (χ0v) is 10.6. The lowest BCUT2D eigenvalue weighted by Gasteiger charge is -2.09. The Bertz CT molecular complexity index is 643. The average Bonchev–Trinajstić information content (AvgIpc) is 2.77. The molecule has 1 aromatic carbocycles. The SMILES string of the molecule is CC(=O)Nc1cc(C)ccc1-c1ccc(C(=O)O)o1. The molecule has 0 spiro atoms. The Kier molecular flexibility index (Phi) is 3.37. The number of carbonyl (C=O) groups is 2. The number of aromatic carboxylic acids is 1. The van der Waals surface area contributed by atoms with Gasteiger partial charge in [-0.25, -0.2) is 4.79 Å². The lowest BCUT2D eigenvalue weighted by Crippen LogP contribution is -2.07. The Morgan fingerprint density at radius 1 is 1.21 bits per heavy atom. The molecule has 0 atom stereocenters. The van der Waals surface area contributed by atoms with Crippen molar-refractivity contribution in [3.8, 4) is 11.3 Å². The molecule has 0 unspecified atom stereocenters. The third kappa shape index (κ3) is 2.82. The maximum atomic E-state index is 11.2. The van der Waals surface area contributed by atoms with E-state index >= 15 is 0 Å². The molecule has 0 fully saturated rings. The third-order valence-corrected chi connectivity index (χ3v) is 2.57. The van der Waals surface area contributed by atoms with E-state index in [9.17, 15) is 9.59 Å². The molecule has 5 nitrogen and oxygen atoms in total. The number of nitrogens with one attached hydrogen (secondary N) is 1. The van der Waals surface area contributed by atoms with Crippen LogP contribution in [0.15, 0.2) is 34.7 Å². The van der Waals surface area contributed by atoms with Crippen LogP contribution in [0.1, 0.15) is 23.0 Å². The van der Waals surface area contributed by atoms with Gasteiger partial charge in [-0.2, -0.15) is 0 Å². The molecular weight excluding hydrogens is 246 g/mol. The zero-order chi connectivity index (χ0) is 14.0. The van der Waals surface area contributed by atoms with Crippen LogP contribution in [0.2, 0.25) is 0 Å². The molecule has 0 saturated heterocycles. The van der Waals surface area contributed by atoms with Crippen molar-refractivity contribution < 1.29 is 19.1 Å². The topological polar surface area (TPSA) is 79.5 Å². The molecule has 1 heterocycles. The average molecular weight is 259 g/mol. The quantitative estimate of drug-likeness (QED) is 0.888. The summed E-state index contributed by atoms with van der Waals surface area (Å²) in [6.07, 6.45) is 0. The van der Waals surface area contributed by atoms with E-state index in [0.29, 0.717) is 17.0 Å². The summed E-state index contributed by atoms with van der Waals surface area (Å²) in [5.41, 5.74) is 2.23. The molecular formula is C14H13NO4. The van der Waals surface area contributed by atoms with E-state index in [0.717, 1.165) is 5.56 Å². The van der Waals surface area contributed by atoms with Crippen LogP contribution in [0.3, 0.4) is 0 Å². The van der Waals surface area contributed by atoms with Gasteiger partial charge < -0.3 is 14.8 Å². The van der Waals surface area contributed by atoms with Crippen LogP contribution in [0.4, 0.5) is 5.69 Å². The van der Waals surface area contributed by atoms with Gasteiger partial charge in [0.05, 0.1) is 5.69 Å². The number of benzene rings is 1. The Hall–Kier alpha value is -2.56. The first kappa shape index (κ1) is 12.9. The predicted molar refractivity (Wildman–Crippen MR) is 70.1 cm³/mol. The maximum Gasteiger partial charge on any atom is 0.371 e. The highest BCUT2D eigenvalue weighted by molar-refractivity contribution is 5.94. The molecule has 2 rings (SSSR count). The number of carboxylic acids is 1. The van der Waals surface area contributed by atoms with Crippen LogP contribution in [0, 0.1) is 6.92 Å². The van der Waals surface area contributed by atoms with Crippen molar-refractivity contribution in [2.45, 2.75) is 13.8 Å². The lowest BCUT2D eigenvalue weighted by molar-refractivity contribution is -0.114. The van der Waals surface area contributed by atoms with Gasteiger partial charge in [0.2, 0.25) is 11.7 Å². The number of carbonyl (C=O) groups excluding carboxylic acids is 1. The number of hydrogen-bond acceptors (Lipinski definition) is 3. The number of rotatable bonds is 3. The fraction of sp³-hybridized carbons (Fsp3) is 0.143. The minimum Gasteiger partial charge on any atom is -0.475 e. The number of amides is 1. The van der Waals surface area contributed by atoms with Crippen LogP contribution < -0.4 is 5.32 Å². The second-order valence-electron chi connectivity index (χ2n) is 4.20. The van der Waals surface area contributed by atoms with Crippen molar-refractivity contribution in [3.05, 3.63) is 41.7 Å². The molecule has 5 heteroatoms. The second kappa shape index (κ2) is 4.97. The molecule has 2 aromatic rings. The molecule has 0 bridgehead atoms. The summed E-state index contributed by atoms with van der Waals surface area (Å²) in [6, 6.07) is 8.41. The van der Waals surface area contributed by atoms with Crippen LogP contribution >= 0.6 is 0 Å². The standard InChI is InChI=1S/C14H13NO4/c1-8-3-4-10(11(7-8)15-9(2)16)12-5-6-13(19-12)14(17)18/h3-7H,1-2H3,(H,15,16)(H,17,18). The smallest absolute Gasteiger partial charge is 0.371 e. The summed E-state index contributed by atoms with van der Waals surface area (Å²) in [7, 11) is 0. The van der Waals surface area contributed by atoms with E-state index in [2.05, 4.69) is 5.32 Å². The number of anilines is 1. The first-order chi connectivity index (χ1) is 8.97. The van der Waals surface area contributed by atoms with Gasteiger partial charge in [0.15, 0.2) is 0 Å². The van der Waals surface area contributed by atoms with E-state index in [1.165, 1.54) is 13.0 Å². The van der Waals surface area contributed by atoms with Gasteiger partial charge >= 0.3 is 5.97 Å². The van der Waals surface area contributed by atoms with Crippen molar-refractivity contribution in [1.82, 2.24) is 0 Å². The highest BCUT2D eigenvalue weighted by Gasteiger charge is 2.14. The molecule has 98 valence electrons. The highest BCUT2D eigenvalue weighted by Crippen LogP contribution is 2.30. The first-order valence-corrected chi connectivity index (χ1v) is 5.69. The molecule has 19 heavy (non-hydrogen) atoms. The summed E-state index contributed by atoms with van der Waals surface area (Å²) in [5.74, 6) is -1.05.